The molecular weight excluding hydrogens is 344 g/mol. The molecule has 0 amide bonds. The number of anilines is 1. The number of benzene rings is 1. The van der Waals surface area contributed by atoms with Crippen LogP contribution in [0.1, 0.15) is 30.8 Å². The number of nitrogens with zero attached hydrogens (tertiary/aromatic N) is 5. The summed E-state index contributed by atoms with van der Waals surface area (Å²) in [6.07, 6.45) is 0.895. The Morgan fingerprint density at radius 2 is 1.96 bits per heavy atom. The quantitative estimate of drug-likeness (QED) is 0.646. The van der Waals surface area contributed by atoms with Crippen LogP contribution in [0.25, 0.3) is 0 Å². The van der Waals surface area contributed by atoms with Crippen LogP contribution in [0, 0.1) is 6.92 Å². The summed E-state index contributed by atoms with van der Waals surface area (Å²) in [5, 5.41) is 4.49. The lowest BCUT2D eigenvalue weighted by atomic mass is 10.1. The third-order valence-electron chi connectivity index (χ3n) is 4.62. The molecule has 2 aromatic rings. The molecule has 7 heteroatoms. The molecule has 0 saturated carbocycles. The van der Waals surface area contributed by atoms with Gasteiger partial charge in [-0.2, -0.15) is 4.37 Å². The highest BCUT2D eigenvalue weighted by atomic mass is 32.1. The van der Waals surface area contributed by atoms with Crippen molar-refractivity contribution in [2.45, 2.75) is 33.7 Å². The number of guanidine groups is 1. The number of piperazine rings is 1. The maximum absolute atomic E-state index is 4.87. The second-order valence-electron chi connectivity index (χ2n) is 6.42. The monoisotopic (exact) mass is 372 g/mol. The van der Waals surface area contributed by atoms with Gasteiger partial charge in [-0.15, -0.1) is 0 Å². The van der Waals surface area contributed by atoms with Crippen molar-refractivity contribution in [3.8, 4) is 0 Å². The molecule has 0 unspecified atom stereocenters. The predicted molar refractivity (Wildman–Crippen MR) is 109 cm³/mol. The fourth-order valence-corrected chi connectivity index (χ4v) is 3.80. The molecule has 3 rings (SSSR count). The number of rotatable bonds is 5. The van der Waals surface area contributed by atoms with E-state index in [1.54, 1.807) is 0 Å². The number of aromatic nitrogens is 2. The number of aryl methyl sites for hydroxylation is 2. The van der Waals surface area contributed by atoms with Crippen LogP contribution in [0.2, 0.25) is 0 Å². The fraction of sp³-hybridized carbons (Fsp3) is 0.526. The van der Waals surface area contributed by atoms with Crippen molar-refractivity contribution in [2.75, 3.05) is 37.6 Å². The van der Waals surface area contributed by atoms with Gasteiger partial charge in [0.2, 0.25) is 5.13 Å². The Balaban J connectivity index is 1.62. The van der Waals surface area contributed by atoms with Crippen molar-refractivity contribution in [3.63, 3.8) is 0 Å². The molecule has 1 fully saturated rings. The van der Waals surface area contributed by atoms with Crippen molar-refractivity contribution >= 4 is 22.6 Å². The molecule has 26 heavy (non-hydrogen) atoms. The van der Waals surface area contributed by atoms with Crippen LogP contribution in [0.15, 0.2) is 29.3 Å². The standard InChI is InChI=1S/C19H28N6S/c1-4-17-22-19(26-23-17)25-12-10-24(11-13-25)18(20-5-2)21-14-16-9-7-6-8-15(16)3/h6-9H,4-5,10-14H2,1-3H3,(H,20,21). The minimum Gasteiger partial charge on any atom is -0.357 e. The molecule has 6 nitrogen and oxygen atoms in total. The average molecular weight is 373 g/mol. The molecule has 0 aliphatic carbocycles. The fourth-order valence-electron chi connectivity index (χ4n) is 3.00. The summed E-state index contributed by atoms with van der Waals surface area (Å²) in [7, 11) is 0. The summed E-state index contributed by atoms with van der Waals surface area (Å²) in [6, 6.07) is 8.45. The minimum atomic E-state index is 0.714. The van der Waals surface area contributed by atoms with Crippen molar-refractivity contribution in [1.82, 2.24) is 19.6 Å². The highest BCUT2D eigenvalue weighted by molar-refractivity contribution is 7.09. The molecule has 1 aliphatic heterocycles. The van der Waals surface area contributed by atoms with E-state index < -0.39 is 0 Å². The van der Waals surface area contributed by atoms with E-state index in [1.165, 1.54) is 22.7 Å². The van der Waals surface area contributed by atoms with Crippen LogP contribution in [0.3, 0.4) is 0 Å². The molecule has 1 aromatic heterocycles. The first kappa shape index (κ1) is 18.6. The lowest BCUT2D eigenvalue weighted by Gasteiger charge is -2.36. The third-order valence-corrected chi connectivity index (χ3v) is 5.43. The smallest absolute Gasteiger partial charge is 0.205 e. The number of hydrogen-bond donors (Lipinski definition) is 1. The molecule has 0 bridgehead atoms. The van der Waals surface area contributed by atoms with Crippen molar-refractivity contribution < 1.29 is 0 Å². The Kier molecular flexibility index (Phi) is 6.44. The van der Waals surface area contributed by atoms with Gasteiger partial charge in [0.1, 0.15) is 5.82 Å². The van der Waals surface area contributed by atoms with Gasteiger partial charge in [-0.25, -0.2) is 9.98 Å². The topological polar surface area (TPSA) is 56.7 Å². The van der Waals surface area contributed by atoms with Gasteiger partial charge in [0.25, 0.3) is 0 Å². The molecule has 140 valence electrons. The van der Waals surface area contributed by atoms with E-state index in [1.807, 2.05) is 0 Å². The Labute approximate surface area is 160 Å². The summed E-state index contributed by atoms with van der Waals surface area (Å²) < 4.78 is 4.40. The SMILES string of the molecule is CCNC(=NCc1ccccc1C)N1CCN(c2nc(CC)ns2)CC1. The van der Waals surface area contributed by atoms with Crippen LogP contribution in [0.4, 0.5) is 5.13 Å². The van der Waals surface area contributed by atoms with Crippen molar-refractivity contribution in [1.29, 1.82) is 0 Å². The molecule has 0 radical (unpaired) electrons. The number of aliphatic imine (C=N–C) groups is 1. The van der Waals surface area contributed by atoms with Gasteiger partial charge in [0, 0.05) is 50.7 Å². The zero-order valence-electron chi connectivity index (χ0n) is 15.9. The highest BCUT2D eigenvalue weighted by Crippen LogP contribution is 2.19. The van der Waals surface area contributed by atoms with Crippen molar-refractivity contribution in [2.24, 2.45) is 4.99 Å². The van der Waals surface area contributed by atoms with Gasteiger partial charge in [0.05, 0.1) is 6.54 Å². The van der Waals surface area contributed by atoms with Crippen LogP contribution in [-0.4, -0.2) is 52.9 Å². The lowest BCUT2D eigenvalue weighted by Crippen LogP contribution is -2.52. The van der Waals surface area contributed by atoms with E-state index in [-0.39, 0.29) is 0 Å². The molecule has 1 N–H and O–H groups in total. The highest BCUT2D eigenvalue weighted by Gasteiger charge is 2.22. The number of hydrogen-bond acceptors (Lipinski definition) is 5. The summed E-state index contributed by atoms with van der Waals surface area (Å²) in [5.41, 5.74) is 2.57. The van der Waals surface area contributed by atoms with E-state index in [2.05, 4.69) is 69.5 Å². The van der Waals surface area contributed by atoms with E-state index in [9.17, 15) is 0 Å². The van der Waals surface area contributed by atoms with Crippen molar-refractivity contribution in [3.05, 3.63) is 41.2 Å². The molecule has 2 heterocycles. The Morgan fingerprint density at radius 1 is 1.19 bits per heavy atom. The Bertz CT molecular complexity index is 733. The molecule has 0 spiro atoms. The van der Waals surface area contributed by atoms with E-state index >= 15 is 0 Å². The Morgan fingerprint density at radius 3 is 2.62 bits per heavy atom. The van der Waals surface area contributed by atoms with Crippen LogP contribution in [0.5, 0.6) is 0 Å². The first-order chi connectivity index (χ1) is 12.7. The second-order valence-corrected chi connectivity index (χ2v) is 7.15. The lowest BCUT2D eigenvalue weighted by molar-refractivity contribution is 0.372. The van der Waals surface area contributed by atoms with E-state index in [4.69, 9.17) is 4.99 Å². The minimum absolute atomic E-state index is 0.714. The second kappa shape index (κ2) is 8.98. The maximum atomic E-state index is 4.87. The van der Waals surface area contributed by atoms with Gasteiger partial charge in [-0.3, -0.25) is 0 Å². The normalized spacial score (nSPS) is 15.4. The first-order valence-electron chi connectivity index (χ1n) is 9.36. The average Bonchev–Trinajstić information content (AvgIpc) is 3.16. The van der Waals surface area contributed by atoms with Gasteiger partial charge in [0.15, 0.2) is 5.96 Å². The molecule has 1 saturated heterocycles. The molecule has 1 aliphatic rings. The van der Waals surface area contributed by atoms with Crippen LogP contribution >= 0.6 is 11.5 Å². The Hall–Kier alpha value is -2.15. The maximum Gasteiger partial charge on any atom is 0.205 e. The van der Waals surface area contributed by atoms with Crippen LogP contribution in [-0.2, 0) is 13.0 Å². The summed E-state index contributed by atoms with van der Waals surface area (Å²) in [5.74, 6) is 1.95. The first-order valence-corrected chi connectivity index (χ1v) is 10.1. The van der Waals surface area contributed by atoms with E-state index in [0.717, 1.165) is 56.1 Å². The summed E-state index contributed by atoms with van der Waals surface area (Å²) in [4.78, 5) is 14.2. The molecule has 1 aromatic carbocycles. The third kappa shape index (κ3) is 4.52. The zero-order chi connectivity index (χ0) is 18.4. The molecule has 0 atom stereocenters. The van der Waals surface area contributed by atoms with Gasteiger partial charge in [-0.1, -0.05) is 31.2 Å². The summed E-state index contributed by atoms with van der Waals surface area (Å²) >= 11 is 1.51. The van der Waals surface area contributed by atoms with Gasteiger partial charge < -0.3 is 15.1 Å². The van der Waals surface area contributed by atoms with Crippen LogP contribution < -0.4 is 10.2 Å². The summed E-state index contributed by atoms with van der Waals surface area (Å²) in [6.45, 7) is 11.7. The number of nitrogens with one attached hydrogen (secondary N) is 1. The van der Waals surface area contributed by atoms with E-state index in [0.29, 0.717) is 6.54 Å². The largest absolute Gasteiger partial charge is 0.357 e. The van der Waals surface area contributed by atoms with Gasteiger partial charge in [-0.05, 0) is 25.0 Å². The molecular formula is C19H28N6S. The van der Waals surface area contributed by atoms with Gasteiger partial charge >= 0.3 is 0 Å². The predicted octanol–water partition coefficient (Wildman–Crippen LogP) is 2.70. The zero-order valence-corrected chi connectivity index (χ0v) is 16.7.